The number of allylic oxidation sites excluding steroid dienone is 1. The predicted octanol–water partition coefficient (Wildman–Crippen LogP) is 2.63. The summed E-state index contributed by atoms with van der Waals surface area (Å²) in [5.41, 5.74) is 1.88. The molecule has 0 aromatic carbocycles. The summed E-state index contributed by atoms with van der Waals surface area (Å²) in [6, 6.07) is 0. The molecule has 0 radical (unpaired) electrons. The third kappa shape index (κ3) is 7.70. The highest BCUT2D eigenvalue weighted by atomic mass is 16.8. The molecule has 0 unspecified atom stereocenters. The van der Waals surface area contributed by atoms with E-state index in [1.54, 1.807) is 20.3 Å². The van der Waals surface area contributed by atoms with Crippen molar-refractivity contribution in [3.63, 3.8) is 0 Å². The molecule has 328 valence electrons. The summed E-state index contributed by atoms with van der Waals surface area (Å²) in [6.45, 7) is 9.82. The lowest BCUT2D eigenvalue weighted by Gasteiger charge is -2.52. The molecule has 5 saturated heterocycles. The van der Waals surface area contributed by atoms with Crippen LogP contribution >= 0.6 is 0 Å². The number of rotatable bonds is 9. The van der Waals surface area contributed by atoms with Crippen LogP contribution in [0.25, 0.3) is 0 Å². The fourth-order valence-corrected chi connectivity index (χ4v) is 11.3. The van der Waals surface area contributed by atoms with Crippen LogP contribution in [0.1, 0.15) is 79.6 Å². The second-order valence-corrected chi connectivity index (χ2v) is 18.0. The van der Waals surface area contributed by atoms with E-state index in [4.69, 9.17) is 56.8 Å². The van der Waals surface area contributed by atoms with Gasteiger partial charge in [0, 0.05) is 41.1 Å². The van der Waals surface area contributed by atoms with Crippen LogP contribution in [0.2, 0.25) is 0 Å². The van der Waals surface area contributed by atoms with Crippen LogP contribution in [0, 0.1) is 23.2 Å². The van der Waals surface area contributed by atoms with Crippen molar-refractivity contribution in [3.8, 4) is 0 Å². The first-order valence-electron chi connectivity index (χ1n) is 21.1. The Hall–Kier alpha value is -1.77. The zero-order valence-corrected chi connectivity index (χ0v) is 34.9. The zero-order chi connectivity index (χ0) is 41.3. The molecule has 6 aliphatic heterocycles. The second-order valence-electron chi connectivity index (χ2n) is 18.0. The minimum Gasteiger partial charge on any atom is -0.469 e. The van der Waals surface area contributed by atoms with Gasteiger partial charge in [0.15, 0.2) is 18.9 Å². The van der Waals surface area contributed by atoms with Gasteiger partial charge in [0.25, 0.3) is 0 Å². The minimum atomic E-state index is -1.23. The normalized spacial score (nSPS) is 51.8. The molecule has 16 heteroatoms. The Labute approximate surface area is 340 Å². The summed E-state index contributed by atoms with van der Waals surface area (Å²) in [5.74, 6) is -1.46. The molecule has 8 rings (SSSR count). The molecule has 3 N–H and O–H groups in total. The Morgan fingerprint density at radius 2 is 1.50 bits per heavy atom. The standard InChI is InChI=1S/C42H64O16/c1-19-34(44)28(47-6)14-32(52-19)57-37-21(3)54-40(35(45)38(37)49-8)58-36-20(2)53-31(15-29(36)48-7)55-27-13-23-10-11-24-25(41(23,4)16-26(27)43)12-9-22-17-50-42(5)33(22)30(18-51-42)56-39(24)46/h10,17,19-21,24-38,40,43-45H,9,11-16,18H2,1-8H3/t19-,20-,21+,24+,25-,26+,27+,28+,29+,30+,31-,32-,33+,34-,35+,36-,37+,38+,40-,41-,42-/m0/s1. The lowest BCUT2D eigenvalue weighted by molar-refractivity contribution is -0.361. The molecule has 0 aromatic rings. The van der Waals surface area contributed by atoms with Gasteiger partial charge in [-0.25, -0.2) is 0 Å². The number of carbonyl (C=O) groups excluding carboxylic acids is 1. The number of aliphatic hydroxyl groups excluding tert-OH is 3. The largest absolute Gasteiger partial charge is 0.469 e. The molecule has 58 heavy (non-hydrogen) atoms. The van der Waals surface area contributed by atoms with Crippen LogP contribution in [-0.4, -0.2) is 153 Å². The van der Waals surface area contributed by atoms with E-state index in [0.717, 1.165) is 18.4 Å². The molecule has 0 spiro atoms. The van der Waals surface area contributed by atoms with E-state index in [1.807, 2.05) is 20.8 Å². The number of hydrogen-bond acceptors (Lipinski definition) is 16. The van der Waals surface area contributed by atoms with Crippen LogP contribution in [0.15, 0.2) is 23.5 Å². The quantitative estimate of drug-likeness (QED) is 0.227. The van der Waals surface area contributed by atoms with Crippen LogP contribution in [0.3, 0.4) is 0 Å². The maximum absolute atomic E-state index is 13.8. The molecule has 21 atom stereocenters. The molecule has 2 aliphatic carbocycles. The Kier molecular flexibility index (Phi) is 12.5. The maximum atomic E-state index is 13.8. The summed E-state index contributed by atoms with van der Waals surface area (Å²) in [5, 5.41) is 33.6. The summed E-state index contributed by atoms with van der Waals surface area (Å²) in [7, 11) is 4.62. The number of fused-ring (bicyclic) bond motifs is 3. The molecular formula is C42H64O16. The van der Waals surface area contributed by atoms with Crippen molar-refractivity contribution in [2.45, 2.75) is 184 Å². The van der Waals surface area contributed by atoms with Crippen LogP contribution in [-0.2, 0) is 61.6 Å². The van der Waals surface area contributed by atoms with E-state index in [-0.39, 0.29) is 29.8 Å². The van der Waals surface area contributed by atoms with Crippen molar-refractivity contribution in [3.05, 3.63) is 23.5 Å². The number of esters is 1. The minimum absolute atomic E-state index is 0.0224. The number of hydrogen-bond donors (Lipinski definition) is 3. The molecule has 6 heterocycles. The van der Waals surface area contributed by atoms with E-state index in [0.29, 0.717) is 38.7 Å². The van der Waals surface area contributed by atoms with Gasteiger partial charge in [0.2, 0.25) is 5.79 Å². The van der Waals surface area contributed by atoms with Crippen LogP contribution in [0.4, 0.5) is 0 Å². The van der Waals surface area contributed by atoms with Gasteiger partial charge in [-0.15, -0.1) is 0 Å². The summed E-state index contributed by atoms with van der Waals surface area (Å²) in [4.78, 5) is 13.8. The Balaban J connectivity index is 0.889. The topological polar surface area (TPSA) is 189 Å². The first-order chi connectivity index (χ1) is 27.7. The van der Waals surface area contributed by atoms with Gasteiger partial charge in [0.05, 0.1) is 67.4 Å². The number of methoxy groups -OCH3 is 3. The van der Waals surface area contributed by atoms with Gasteiger partial charge in [-0.3, -0.25) is 4.79 Å². The van der Waals surface area contributed by atoms with E-state index < -0.39 is 103 Å². The highest BCUT2D eigenvalue weighted by Crippen LogP contribution is 2.57. The van der Waals surface area contributed by atoms with Crippen molar-refractivity contribution in [2.75, 3.05) is 27.9 Å². The smallest absolute Gasteiger partial charge is 0.309 e. The van der Waals surface area contributed by atoms with Gasteiger partial charge >= 0.3 is 5.97 Å². The monoisotopic (exact) mass is 824 g/mol. The average Bonchev–Trinajstić information content (AvgIpc) is 3.70. The first-order valence-corrected chi connectivity index (χ1v) is 21.1. The van der Waals surface area contributed by atoms with Crippen molar-refractivity contribution >= 4 is 5.97 Å². The maximum Gasteiger partial charge on any atom is 0.309 e. The predicted molar refractivity (Wildman–Crippen MR) is 200 cm³/mol. The van der Waals surface area contributed by atoms with E-state index >= 15 is 0 Å². The third-order valence-electron chi connectivity index (χ3n) is 14.6. The lowest BCUT2D eigenvalue weighted by atomic mass is 9.55. The van der Waals surface area contributed by atoms with Crippen molar-refractivity contribution < 1.29 is 77.0 Å². The summed E-state index contributed by atoms with van der Waals surface area (Å²) >= 11 is 0. The van der Waals surface area contributed by atoms with Gasteiger partial charge in [0.1, 0.15) is 36.6 Å². The lowest BCUT2D eigenvalue weighted by Crippen LogP contribution is -2.62. The molecular weight excluding hydrogens is 760 g/mol. The van der Waals surface area contributed by atoms with Crippen molar-refractivity contribution in [2.24, 2.45) is 23.2 Å². The van der Waals surface area contributed by atoms with E-state index in [1.165, 1.54) is 19.8 Å². The fourth-order valence-electron chi connectivity index (χ4n) is 11.3. The molecule has 0 amide bonds. The summed E-state index contributed by atoms with van der Waals surface area (Å²) < 4.78 is 72.9. The zero-order valence-electron chi connectivity index (χ0n) is 34.9. The van der Waals surface area contributed by atoms with Crippen LogP contribution in [0.5, 0.6) is 0 Å². The highest BCUT2D eigenvalue weighted by molar-refractivity contribution is 5.74. The molecule has 8 aliphatic rings. The Morgan fingerprint density at radius 3 is 2.24 bits per heavy atom. The van der Waals surface area contributed by atoms with Gasteiger partial charge < -0.3 is 72.2 Å². The van der Waals surface area contributed by atoms with Crippen LogP contribution < -0.4 is 0 Å². The highest BCUT2D eigenvalue weighted by Gasteiger charge is 2.59. The van der Waals surface area contributed by atoms with Crippen molar-refractivity contribution in [1.29, 1.82) is 0 Å². The summed E-state index contributed by atoms with van der Waals surface area (Å²) in [6.07, 6.45) is -3.35. The number of carbonyl (C=O) groups is 1. The second kappa shape index (κ2) is 16.8. The fraction of sp³-hybridized carbons (Fsp3) is 0.881. The molecule has 0 bridgehead atoms. The van der Waals surface area contributed by atoms with Crippen molar-refractivity contribution in [1.82, 2.24) is 0 Å². The number of ether oxygens (including phenoxy) is 12. The molecule has 16 nitrogen and oxygen atoms in total. The number of aliphatic hydroxyl groups is 3. The average molecular weight is 825 g/mol. The van der Waals surface area contributed by atoms with Gasteiger partial charge in [-0.05, 0) is 69.8 Å². The SMILES string of the molecule is CO[C@@H]1[C@@H](O)[C@H](O[C@H]2[C@H](C)O[C@@H](O[C@@H]3CC4=CC[C@H]5C(=O)O[C@@H]6CO[C@]7(C)OC=C(CC[C@@H]5[C@@]4(C)C[C@H]3O)[C@H]67)C[C@H]2OC)O[C@H](C)[C@H]1O[C@H]1C[C@@H](OC)[C@@H](O)[C@H](C)O1. The van der Waals surface area contributed by atoms with E-state index in [2.05, 4.69) is 13.0 Å². The first kappa shape index (κ1) is 42.9. The Bertz CT molecular complexity index is 1540. The Morgan fingerprint density at radius 1 is 0.793 bits per heavy atom. The molecule has 1 saturated carbocycles. The van der Waals surface area contributed by atoms with Gasteiger partial charge in [-0.1, -0.05) is 18.6 Å². The molecule has 0 aromatic heterocycles. The van der Waals surface area contributed by atoms with Gasteiger partial charge in [-0.2, -0.15) is 0 Å². The van der Waals surface area contributed by atoms with E-state index in [9.17, 15) is 20.1 Å². The molecule has 6 fully saturated rings. The third-order valence-corrected chi connectivity index (χ3v) is 14.6.